The molecule has 3 heteroatoms. The fraction of sp³-hybridized carbons (Fsp3) is 0.400. The number of para-hydroxylation sites is 1. The van der Waals surface area contributed by atoms with Crippen molar-refractivity contribution in [2.75, 3.05) is 5.32 Å². The van der Waals surface area contributed by atoms with E-state index in [1.54, 1.807) is 0 Å². The van der Waals surface area contributed by atoms with E-state index in [0.717, 1.165) is 11.6 Å². The first-order chi connectivity index (χ1) is 8.81. The van der Waals surface area contributed by atoms with Gasteiger partial charge in [0.15, 0.2) is 0 Å². The normalized spacial score (nSPS) is 12.3. The molecular weight excluding hydrogens is 222 g/mol. The second kappa shape index (κ2) is 6.24. The van der Waals surface area contributed by atoms with Gasteiger partial charge >= 0.3 is 0 Å². The Balaban J connectivity index is 2.08. The summed E-state index contributed by atoms with van der Waals surface area (Å²) in [5.74, 6) is 0.921. The molecule has 0 saturated heterocycles. The van der Waals surface area contributed by atoms with Crippen molar-refractivity contribution in [1.29, 1.82) is 0 Å². The lowest BCUT2D eigenvalue weighted by Gasteiger charge is -2.16. The standard InChI is InChI=1S/C15H21N3/c1-3-4-8-13(2)18-12-11-16-15(18)17-14-9-6-5-7-10-14/h5-7,9-13H,3-4,8H2,1-2H3,(H,16,17). The molecule has 0 aliphatic heterocycles. The van der Waals surface area contributed by atoms with E-state index < -0.39 is 0 Å². The maximum Gasteiger partial charge on any atom is 0.207 e. The maximum absolute atomic E-state index is 4.39. The van der Waals surface area contributed by atoms with Crippen LogP contribution in [0, 0.1) is 0 Å². The zero-order valence-corrected chi connectivity index (χ0v) is 11.1. The molecule has 1 aromatic heterocycles. The van der Waals surface area contributed by atoms with E-state index in [1.807, 2.05) is 30.6 Å². The predicted molar refractivity (Wildman–Crippen MR) is 76.2 cm³/mol. The zero-order chi connectivity index (χ0) is 12.8. The fourth-order valence-electron chi connectivity index (χ4n) is 2.05. The number of anilines is 2. The van der Waals surface area contributed by atoms with E-state index in [1.165, 1.54) is 19.3 Å². The van der Waals surface area contributed by atoms with Crippen LogP contribution >= 0.6 is 0 Å². The molecule has 1 atom stereocenters. The molecular formula is C15H21N3. The highest BCUT2D eigenvalue weighted by molar-refractivity contribution is 5.53. The molecule has 2 aromatic rings. The van der Waals surface area contributed by atoms with Crippen molar-refractivity contribution in [3.8, 4) is 0 Å². The highest BCUT2D eigenvalue weighted by Gasteiger charge is 2.09. The summed E-state index contributed by atoms with van der Waals surface area (Å²) in [6.07, 6.45) is 7.58. The number of hydrogen-bond donors (Lipinski definition) is 1. The number of nitrogens with one attached hydrogen (secondary N) is 1. The number of rotatable bonds is 6. The number of aromatic nitrogens is 2. The Morgan fingerprint density at radius 2 is 2.06 bits per heavy atom. The van der Waals surface area contributed by atoms with Crippen LogP contribution in [0.5, 0.6) is 0 Å². The lowest BCUT2D eigenvalue weighted by atomic mass is 10.1. The average molecular weight is 243 g/mol. The van der Waals surface area contributed by atoms with Crippen LogP contribution in [0.15, 0.2) is 42.7 Å². The first kappa shape index (κ1) is 12.7. The van der Waals surface area contributed by atoms with Gasteiger partial charge in [0.2, 0.25) is 5.95 Å². The van der Waals surface area contributed by atoms with Gasteiger partial charge in [-0.05, 0) is 25.5 Å². The van der Waals surface area contributed by atoms with Crippen LogP contribution in [-0.4, -0.2) is 9.55 Å². The topological polar surface area (TPSA) is 29.9 Å². The van der Waals surface area contributed by atoms with Crippen molar-refractivity contribution in [2.45, 2.75) is 39.2 Å². The third-order valence-electron chi connectivity index (χ3n) is 3.15. The second-order valence-electron chi connectivity index (χ2n) is 4.64. The van der Waals surface area contributed by atoms with Crippen molar-refractivity contribution in [3.05, 3.63) is 42.7 Å². The van der Waals surface area contributed by atoms with E-state index in [0.29, 0.717) is 6.04 Å². The lowest BCUT2D eigenvalue weighted by molar-refractivity contribution is 0.490. The van der Waals surface area contributed by atoms with Crippen LogP contribution in [0.1, 0.15) is 39.2 Å². The first-order valence-corrected chi connectivity index (χ1v) is 6.66. The summed E-state index contributed by atoms with van der Waals surface area (Å²) in [4.78, 5) is 4.39. The van der Waals surface area contributed by atoms with Gasteiger partial charge in [0, 0.05) is 24.1 Å². The van der Waals surface area contributed by atoms with Gasteiger partial charge < -0.3 is 9.88 Å². The summed E-state index contributed by atoms with van der Waals surface area (Å²) < 4.78 is 2.21. The molecule has 1 heterocycles. The minimum absolute atomic E-state index is 0.485. The molecule has 0 bridgehead atoms. The Labute approximate surface area is 109 Å². The zero-order valence-electron chi connectivity index (χ0n) is 11.1. The number of benzene rings is 1. The minimum atomic E-state index is 0.485. The minimum Gasteiger partial charge on any atom is -0.326 e. The molecule has 0 aliphatic rings. The molecule has 96 valence electrons. The van der Waals surface area contributed by atoms with Gasteiger partial charge in [-0.25, -0.2) is 4.98 Å². The molecule has 0 radical (unpaired) electrons. The Morgan fingerprint density at radius 1 is 1.28 bits per heavy atom. The maximum atomic E-state index is 4.39. The summed E-state index contributed by atoms with van der Waals surface area (Å²) in [7, 11) is 0. The van der Waals surface area contributed by atoms with Gasteiger partial charge in [0.1, 0.15) is 0 Å². The predicted octanol–water partition coefficient (Wildman–Crippen LogP) is 4.38. The van der Waals surface area contributed by atoms with Gasteiger partial charge in [-0.1, -0.05) is 38.0 Å². The lowest BCUT2D eigenvalue weighted by Crippen LogP contribution is -2.08. The van der Waals surface area contributed by atoms with Crippen molar-refractivity contribution >= 4 is 11.6 Å². The molecule has 0 spiro atoms. The Kier molecular flexibility index (Phi) is 4.40. The molecule has 0 fully saturated rings. The number of imidazole rings is 1. The molecule has 18 heavy (non-hydrogen) atoms. The summed E-state index contributed by atoms with van der Waals surface area (Å²) >= 11 is 0. The fourth-order valence-corrected chi connectivity index (χ4v) is 2.05. The Morgan fingerprint density at radius 3 is 2.78 bits per heavy atom. The van der Waals surface area contributed by atoms with Gasteiger partial charge in [-0.2, -0.15) is 0 Å². The van der Waals surface area contributed by atoms with Crippen LogP contribution in [0.4, 0.5) is 11.6 Å². The smallest absolute Gasteiger partial charge is 0.207 e. The second-order valence-corrected chi connectivity index (χ2v) is 4.64. The number of hydrogen-bond acceptors (Lipinski definition) is 2. The molecule has 0 saturated carbocycles. The SMILES string of the molecule is CCCCC(C)n1ccnc1Nc1ccccc1. The van der Waals surface area contributed by atoms with Crippen molar-refractivity contribution in [3.63, 3.8) is 0 Å². The third-order valence-corrected chi connectivity index (χ3v) is 3.15. The van der Waals surface area contributed by atoms with E-state index in [4.69, 9.17) is 0 Å². The molecule has 0 amide bonds. The van der Waals surface area contributed by atoms with Crippen molar-refractivity contribution in [1.82, 2.24) is 9.55 Å². The van der Waals surface area contributed by atoms with E-state index in [-0.39, 0.29) is 0 Å². The first-order valence-electron chi connectivity index (χ1n) is 6.66. The van der Waals surface area contributed by atoms with Crippen LogP contribution in [0.25, 0.3) is 0 Å². The molecule has 1 aromatic carbocycles. The van der Waals surface area contributed by atoms with Crippen LogP contribution in [-0.2, 0) is 0 Å². The molecule has 1 unspecified atom stereocenters. The monoisotopic (exact) mass is 243 g/mol. The van der Waals surface area contributed by atoms with E-state index in [2.05, 4.69) is 40.8 Å². The van der Waals surface area contributed by atoms with Gasteiger partial charge in [-0.15, -0.1) is 0 Å². The third kappa shape index (κ3) is 3.13. The van der Waals surface area contributed by atoms with Crippen LogP contribution in [0.2, 0.25) is 0 Å². The van der Waals surface area contributed by atoms with Crippen molar-refractivity contribution in [2.24, 2.45) is 0 Å². The molecule has 0 aliphatic carbocycles. The Hall–Kier alpha value is -1.77. The van der Waals surface area contributed by atoms with Crippen molar-refractivity contribution < 1.29 is 0 Å². The highest BCUT2D eigenvalue weighted by atomic mass is 15.2. The summed E-state index contributed by atoms with van der Waals surface area (Å²) in [6, 6.07) is 10.7. The summed E-state index contributed by atoms with van der Waals surface area (Å²) in [5, 5.41) is 3.36. The number of unbranched alkanes of at least 4 members (excludes halogenated alkanes) is 1. The highest BCUT2D eigenvalue weighted by Crippen LogP contribution is 2.21. The quantitative estimate of drug-likeness (QED) is 0.816. The summed E-state index contributed by atoms with van der Waals surface area (Å²) in [6.45, 7) is 4.47. The Bertz CT molecular complexity index is 462. The molecule has 3 nitrogen and oxygen atoms in total. The average Bonchev–Trinajstić information content (AvgIpc) is 2.85. The van der Waals surface area contributed by atoms with Crippen LogP contribution in [0.3, 0.4) is 0 Å². The van der Waals surface area contributed by atoms with E-state index in [9.17, 15) is 0 Å². The largest absolute Gasteiger partial charge is 0.326 e. The molecule has 2 rings (SSSR count). The summed E-state index contributed by atoms with van der Waals surface area (Å²) in [5.41, 5.74) is 1.08. The van der Waals surface area contributed by atoms with Gasteiger partial charge in [0.05, 0.1) is 0 Å². The van der Waals surface area contributed by atoms with Gasteiger partial charge in [0.25, 0.3) is 0 Å². The van der Waals surface area contributed by atoms with Crippen LogP contribution < -0.4 is 5.32 Å². The number of nitrogens with zero attached hydrogens (tertiary/aromatic N) is 2. The molecule has 1 N–H and O–H groups in total. The van der Waals surface area contributed by atoms with E-state index >= 15 is 0 Å². The van der Waals surface area contributed by atoms with Gasteiger partial charge in [-0.3, -0.25) is 0 Å².